The van der Waals surface area contributed by atoms with Crippen molar-refractivity contribution in [3.05, 3.63) is 70.4 Å². The number of carbonyl (C=O) groups is 2. The monoisotopic (exact) mass is 411 g/mol. The second kappa shape index (κ2) is 9.39. The van der Waals surface area contributed by atoms with E-state index in [0.29, 0.717) is 11.6 Å². The van der Waals surface area contributed by atoms with E-state index >= 15 is 0 Å². The molecule has 0 aliphatic carbocycles. The largest absolute Gasteiger partial charge is 0.465 e. The molecule has 0 aliphatic heterocycles. The summed E-state index contributed by atoms with van der Waals surface area (Å²) >= 11 is 5.86. The molecule has 0 atom stereocenters. The number of nitrogens with one attached hydrogen (secondary N) is 1. The van der Waals surface area contributed by atoms with Crippen LogP contribution in [-0.2, 0) is 27.3 Å². The average molecular weight is 412 g/mol. The number of carbonyl (C=O) groups excluding carboxylic acids is 2. The first-order valence-electron chi connectivity index (χ1n) is 9.29. The van der Waals surface area contributed by atoms with Gasteiger partial charge in [-0.3, -0.25) is 9.59 Å². The van der Waals surface area contributed by atoms with Crippen molar-refractivity contribution in [3.8, 4) is 0 Å². The van der Waals surface area contributed by atoms with Crippen molar-refractivity contribution in [2.75, 3.05) is 6.61 Å². The number of fused-ring (bicyclic) bond motifs is 1. The van der Waals surface area contributed by atoms with E-state index in [9.17, 15) is 9.59 Å². The van der Waals surface area contributed by atoms with Crippen molar-refractivity contribution in [2.24, 2.45) is 5.10 Å². The molecule has 0 spiro atoms. The Kier molecular flexibility index (Phi) is 6.67. The number of halogens is 1. The molecule has 0 radical (unpaired) electrons. The van der Waals surface area contributed by atoms with E-state index in [-0.39, 0.29) is 24.8 Å². The molecule has 1 aromatic heterocycles. The second-order valence-electron chi connectivity index (χ2n) is 6.50. The van der Waals surface area contributed by atoms with Crippen molar-refractivity contribution in [1.29, 1.82) is 0 Å². The zero-order valence-corrected chi connectivity index (χ0v) is 17.1. The molecule has 1 N–H and O–H groups in total. The summed E-state index contributed by atoms with van der Waals surface area (Å²) in [6.07, 6.45) is 1.82. The maximum Gasteiger partial charge on any atom is 0.325 e. The fraction of sp³-hybridized carbons (Fsp3) is 0.227. The van der Waals surface area contributed by atoms with Gasteiger partial charge in [0, 0.05) is 27.2 Å². The number of nitrogens with zero attached hydrogens (tertiary/aromatic N) is 2. The smallest absolute Gasteiger partial charge is 0.325 e. The Bertz CT molecular complexity index is 1060. The van der Waals surface area contributed by atoms with Gasteiger partial charge in [-0.25, -0.2) is 5.43 Å². The summed E-state index contributed by atoms with van der Waals surface area (Å²) < 4.78 is 6.97. The molecule has 3 rings (SSSR count). The molecule has 0 saturated carbocycles. The lowest BCUT2D eigenvalue weighted by Gasteiger charge is -2.07. The van der Waals surface area contributed by atoms with Crippen LogP contribution in [0.25, 0.3) is 10.9 Å². The van der Waals surface area contributed by atoms with Crippen molar-refractivity contribution in [1.82, 2.24) is 9.99 Å². The van der Waals surface area contributed by atoms with Gasteiger partial charge in [0.1, 0.15) is 6.54 Å². The number of hydrogen-bond donors (Lipinski definition) is 1. The van der Waals surface area contributed by atoms with Crippen molar-refractivity contribution >= 4 is 40.6 Å². The standard InChI is InChI=1S/C22H22ClN3O3/c1-3-29-22(28)14-26-15(2)19(18-6-4-5-7-20(18)26)13-24-25-21(27)12-16-8-10-17(23)11-9-16/h4-11,13H,3,12,14H2,1-2H3,(H,25,27)/b24-13-. The minimum Gasteiger partial charge on any atom is -0.465 e. The maximum atomic E-state index is 12.1. The van der Waals surface area contributed by atoms with Gasteiger partial charge in [0.2, 0.25) is 5.91 Å². The van der Waals surface area contributed by atoms with E-state index in [1.807, 2.05) is 35.8 Å². The highest BCUT2D eigenvalue weighted by atomic mass is 35.5. The summed E-state index contributed by atoms with van der Waals surface area (Å²) in [4.78, 5) is 24.1. The summed E-state index contributed by atoms with van der Waals surface area (Å²) in [5, 5.41) is 5.69. The number of amides is 1. The summed E-state index contributed by atoms with van der Waals surface area (Å²) in [5.74, 6) is -0.521. The van der Waals surface area contributed by atoms with E-state index in [1.54, 1.807) is 37.4 Å². The molecule has 0 fully saturated rings. The molecule has 0 bridgehead atoms. The zero-order valence-electron chi connectivity index (χ0n) is 16.3. The lowest BCUT2D eigenvalue weighted by atomic mass is 10.1. The van der Waals surface area contributed by atoms with Gasteiger partial charge >= 0.3 is 5.97 Å². The third-order valence-electron chi connectivity index (χ3n) is 4.53. The first kappa shape index (κ1) is 20.6. The number of hydrazone groups is 1. The number of rotatable bonds is 7. The second-order valence-corrected chi connectivity index (χ2v) is 6.94. The molecule has 150 valence electrons. The number of hydrogen-bond acceptors (Lipinski definition) is 4. The molecule has 0 unspecified atom stereocenters. The quantitative estimate of drug-likeness (QED) is 0.364. The molecular weight excluding hydrogens is 390 g/mol. The van der Waals surface area contributed by atoms with Gasteiger partial charge in [0.25, 0.3) is 0 Å². The molecule has 3 aromatic rings. The van der Waals surface area contributed by atoms with Crippen LogP contribution in [0.2, 0.25) is 5.02 Å². The lowest BCUT2D eigenvalue weighted by molar-refractivity contribution is -0.143. The van der Waals surface area contributed by atoms with E-state index in [2.05, 4.69) is 10.5 Å². The van der Waals surface area contributed by atoms with Gasteiger partial charge in [0.05, 0.1) is 19.2 Å². The van der Waals surface area contributed by atoms with Crippen LogP contribution in [0.4, 0.5) is 0 Å². The van der Waals surface area contributed by atoms with E-state index < -0.39 is 0 Å². The molecule has 7 heteroatoms. The summed E-state index contributed by atoms with van der Waals surface area (Å²) in [6, 6.07) is 14.8. The fourth-order valence-corrected chi connectivity index (χ4v) is 3.28. The summed E-state index contributed by atoms with van der Waals surface area (Å²) in [7, 11) is 0. The Hall–Kier alpha value is -3.12. The van der Waals surface area contributed by atoms with E-state index in [0.717, 1.165) is 27.7 Å². The fourth-order valence-electron chi connectivity index (χ4n) is 3.16. The summed E-state index contributed by atoms with van der Waals surface area (Å²) in [5.41, 5.74) is 6.03. The number of aromatic nitrogens is 1. The summed E-state index contributed by atoms with van der Waals surface area (Å²) in [6.45, 7) is 4.15. The molecule has 1 heterocycles. The Morgan fingerprint density at radius 3 is 2.62 bits per heavy atom. The van der Waals surface area contributed by atoms with Gasteiger partial charge in [-0.1, -0.05) is 41.9 Å². The highest BCUT2D eigenvalue weighted by Gasteiger charge is 2.15. The van der Waals surface area contributed by atoms with Gasteiger partial charge in [-0.05, 0) is 37.6 Å². The molecule has 29 heavy (non-hydrogen) atoms. The highest BCUT2D eigenvalue weighted by molar-refractivity contribution is 6.30. The number of para-hydroxylation sites is 1. The number of ether oxygens (including phenoxy) is 1. The molecule has 0 saturated heterocycles. The Balaban J connectivity index is 1.77. The minimum atomic E-state index is -0.295. The molecule has 6 nitrogen and oxygen atoms in total. The van der Waals surface area contributed by atoms with Crippen LogP contribution in [0.3, 0.4) is 0 Å². The third kappa shape index (κ3) is 5.03. The van der Waals surface area contributed by atoms with Crippen LogP contribution in [0.1, 0.15) is 23.7 Å². The van der Waals surface area contributed by atoms with E-state index in [1.165, 1.54) is 0 Å². The number of benzene rings is 2. The molecular formula is C22H22ClN3O3. The van der Waals surface area contributed by atoms with Gasteiger partial charge in [-0.2, -0.15) is 5.10 Å². The highest BCUT2D eigenvalue weighted by Crippen LogP contribution is 2.24. The van der Waals surface area contributed by atoms with Crippen LogP contribution >= 0.6 is 11.6 Å². The Labute approximate surface area is 174 Å². The SMILES string of the molecule is CCOC(=O)Cn1c(C)c(/C=N\NC(=O)Cc2ccc(Cl)cc2)c2ccccc21. The van der Waals surface area contributed by atoms with Crippen LogP contribution in [-0.4, -0.2) is 29.3 Å². The van der Waals surface area contributed by atoms with Gasteiger partial charge < -0.3 is 9.30 Å². The van der Waals surface area contributed by atoms with Crippen LogP contribution in [0.15, 0.2) is 53.6 Å². The van der Waals surface area contributed by atoms with E-state index in [4.69, 9.17) is 16.3 Å². The first-order chi connectivity index (χ1) is 14.0. The van der Waals surface area contributed by atoms with Crippen molar-refractivity contribution < 1.29 is 14.3 Å². The van der Waals surface area contributed by atoms with Gasteiger partial charge in [-0.15, -0.1) is 0 Å². The zero-order chi connectivity index (χ0) is 20.8. The lowest BCUT2D eigenvalue weighted by Crippen LogP contribution is -2.19. The first-order valence-corrected chi connectivity index (χ1v) is 9.67. The number of esters is 1. The Morgan fingerprint density at radius 1 is 1.17 bits per heavy atom. The average Bonchev–Trinajstić information content (AvgIpc) is 2.96. The molecule has 1 amide bonds. The van der Waals surface area contributed by atoms with Crippen molar-refractivity contribution in [3.63, 3.8) is 0 Å². The normalized spacial score (nSPS) is 11.1. The third-order valence-corrected chi connectivity index (χ3v) is 4.79. The maximum absolute atomic E-state index is 12.1. The molecule has 0 aliphatic rings. The Morgan fingerprint density at radius 2 is 1.90 bits per heavy atom. The molecule has 2 aromatic carbocycles. The minimum absolute atomic E-state index is 0.122. The van der Waals surface area contributed by atoms with Crippen LogP contribution in [0.5, 0.6) is 0 Å². The van der Waals surface area contributed by atoms with Gasteiger partial charge in [0.15, 0.2) is 0 Å². The predicted molar refractivity (Wildman–Crippen MR) is 114 cm³/mol. The van der Waals surface area contributed by atoms with Crippen LogP contribution < -0.4 is 5.43 Å². The predicted octanol–water partition coefficient (Wildman–Crippen LogP) is 3.86. The topological polar surface area (TPSA) is 72.7 Å². The van der Waals surface area contributed by atoms with Crippen LogP contribution in [0, 0.1) is 6.92 Å². The van der Waals surface area contributed by atoms with Crippen molar-refractivity contribution in [2.45, 2.75) is 26.8 Å².